The van der Waals surface area contributed by atoms with Crippen LogP contribution in [0.25, 0.3) is 0 Å². The summed E-state index contributed by atoms with van der Waals surface area (Å²) in [5.74, 6) is 9.74. The zero-order valence-corrected chi connectivity index (χ0v) is 26.9. The molecule has 2 atom stereocenters. The van der Waals surface area contributed by atoms with Gasteiger partial charge in [0.1, 0.15) is 0 Å². The van der Waals surface area contributed by atoms with Gasteiger partial charge in [0, 0.05) is 0 Å². The molecular formula is C34H70N4O2. The highest BCUT2D eigenvalue weighted by Gasteiger charge is 2.32. The lowest BCUT2D eigenvalue weighted by Crippen LogP contribution is -2.46. The molecule has 6 heteroatoms. The Kier molecular flexibility index (Phi) is 29.9. The van der Waals surface area contributed by atoms with Crippen LogP contribution < -0.4 is 22.5 Å². The van der Waals surface area contributed by atoms with Gasteiger partial charge in [-0.2, -0.15) is 0 Å². The van der Waals surface area contributed by atoms with Gasteiger partial charge in [-0.05, 0) is 12.8 Å². The standard InChI is InChI=1S/C34H70N4O2/c1-3-5-7-9-11-13-15-17-18-20-22-24-26-28-30-32(34(40)38-36)31(33(39)37-35)29-27-25-23-21-19-16-14-12-10-8-6-4-2/h31-32H,3-30,35-36H2,1-2H3,(H,37,39)(H,38,40). The largest absolute Gasteiger partial charge is 0.294 e. The minimum Gasteiger partial charge on any atom is -0.294 e. The molecule has 0 heterocycles. The number of hydrogen-bond donors (Lipinski definition) is 4. The molecule has 0 bridgehead atoms. The molecule has 0 aliphatic rings. The average Bonchev–Trinajstić information content (AvgIpc) is 2.97. The van der Waals surface area contributed by atoms with Crippen molar-refractivity contribution in [3.05, 3.63) is 0 Å². The molecule has 0 aromatic carbocycles. The Morgan fingerprint density at radius 2 is 0.600 bits per heavy atom. The van der Waals surface area contributed by atoms with Crippen molar-refractivity contribution in [1.29, 1.82) is 0 Å². The van der Waals surface area contributed by atoms with E-state index in [9.17, 15) is 9.59 Å². The number of rotatable bonds is 31. The van der Waals surface area contributed by atoms with Gasteiger partial charge < -0.3 is 0 Å². The van der Waals surface area contributed by atoms with Crippen molar-refractivity contribution in [2.45, 2.75) is 194 Å². The molecule has 0 aromatic rings. The topological polar surface area (TPSA) is 110 Å². The summed E-state index contributed by atoms with van der Waals surface area (Å²) in [5.41, 5.74) is 4.62. The summed E-state index contributed by atoms with van der Waals surface area (Å²) in [6.07, 6.45) is 34.9. The van der Waals surface area contributed by atoms with Crippen LogP contribution in [0.4, 0.5) is 0 Å². The van der Waals surface area contributed by atoms with Gasteiger partial charge in [-0.3, -0.25) is 20.4 Å². The van der Waals surface area contributed by atoms with Gasteiger partial charge in [0.15, 0.2) is 0 Å². The van der Waals surface area contributed by atoms with Crippen LogP contribution in [-0.2, 0) is 9.59 Å². The number of unbranched alkanes of at least 4 members (excludes halogenated alkanes) is 24. The van der Waals surface area contributed by atoms with Gasteiger partial charge in [0.05, 0.1) is 11.8 Å². The third-order valence-electron chi connectivity index (χ3n) is 8.68. The van der Waals surface area contributed by atoms with Crippen molar-refractivity contribution < 1.29 is 9.59 Å². The Hall–Kier alpha value is -1.14. The van der Waals surface area contributed by atoms with Gasteiger partial charge in [0.25, 0.3) is 0 Å². The fraction of sp³-hybridized carbons (Fsp3) is 0.941. The Balaban J connectivity index is 4.09. The van der Waals surface area contributed by atoms with E-state index in [1.165, 1.54) is 141 Å². The van der Waals surface area contributed by atoms with Crippen LogP contribution >= 0.6 is 0 Å². The van der Waals surface area contributed by atoms with Crippen LogP contribution in [0.2, 0.25) is 0 Å². The van der Waals surface area contributed by atoms with Gasteiger partial charge >= 0.3 is 0 Å². The van der Waals surface area contributed by atoms with E-state index in [1.807, 2.05) is 0 Å². The fourth-order valence-corrected chi connectivity index (χ4v) is 6.01. The highest BCUT2D eigenvalue weighted by molar-refractivity contribution is 5.87. The van der Waals surface area contributed by atoms with E-state index in [2.05, 4.69) is 24.7 Å². The van der Waals surface area contributed by atoms with Crippen molar-refractivity contribution in [1.82, 2.24) is 10.9 Å². The smallest absolute Gasteiger partial charge is 0.237 e. The van der Waals surface area contributed by atoms with Gasteiger partial charge in [0.2, 0.25) is 11.8 Å². The number of amides is 2. The van der Waals surface area contributed by atoms with Crippen molar-refractivity contribution in [3.8, 4) is 0 Å². The highest BCUT2D eigenvalue weighted by atomic mass is 16.2. The number of nitrogens with one attached hydrogen (secondary N) is 2. The first-order valence-corrected chi connectivity index (χ1v) is 17.6. The minimum absolute atomic E-state index is 0.234. The molecule has 0 spiro atoms. The second-order valence-corrected chi connectivity index (χ2v) is 12.3. The minimum atomic E-state index is -0.404. The van der Waals surface area contributed by atoms with Crippen molar-refractivity contribution in [2.75, 3.05) is 0 Å². The fourth-order valence-electron chi connectivity index (χ4n) is 6.01. The summed E-state index contributed by atoms with van der Waals surface area (Å²) >= 11 is 0. The molecular weight excluding hydrogens is 496 g/mol. The molecule has 0 saturated heterocycles. The van der Waals surface area contributed by atoms with Crippen molar-refractivity contribution in [2.24, 2.45) is 23.5 Å². The normalized spacial score (nSPS) is 12.8. The molecule has 0 aliphatic heterocycles. The van der Waals surface area contributed by atoms with E-state index in [-0.39, 0.29) is 11.8 Å². The lowest BCUT2D eigenvalue weighted by molar-refractivity contribution is -0.135. The molecule has 40 heavy (non-hydrogen) atoms. The molecule has 2 amide bonds. The first-order chi connectivity index (χ1) is 19.6. The second-order valence-electron chi connectivity index (χ2n) is 12.3. The zero-order chi connectivity index (χ0) is 29.5. The summed E-state index contributed by atoms with van der Waals surface area (Å²) < 4.78 is 0. The van der Waals surface area contributed by atoms with E-state index in [0.717, 1.165) is 25.7 Å². The van der Waals surface area contributed by atoms with Crippen molar-refractivity contribution in [3.63, 3.8) is 0 Å². The van der Waals surface area contributed by atoms with Gasteiger partial charge in [-0.25, -0.2) is 11.7 Å². The van der Waals surface area contributed by atoms with Gasteiger partial charge in [-0.15, -0.1) is 0 Å². The Bertz CT molecular complexity index is 558. The quantitative estimate of drug-likeness (QED) is 0.0290. The van der Waals surface area contributed by atoms with Crippen LogP contribution in [0, 0.1) is 11.8 Å². The molecule has 6 N–H and O–H groups in total. The third-order valence-corrected chi connectivity index (χ3v) is 8.68. The first-order valence-electron chi connectivity index (χ1n) is 17.6. The molecule has 0 aromatic heterocycles. The SMILES string of the molecule is CCCCCCCCCCCCCCCCC(C(=O)NN)C(CCCCCCCCCCCCCC)C(=O)NN. The predicted octanol–water partition coefficient (Wildman–Crippen LogP) is 9.16. The molecule has 0 rings (SSSR count). The van der Waals surface area contributed by atoms with Crippen LogP contribution in [0.5, 0.6) is 0 Å². The molecule has 0 saturated carbocycles. The molecule has 2 unspecified atom stereocenters. The monoisotopic (exact) mass is 567 g/mol. The molecule has 238 valence electrons. The number of nitrogens with two attached hydrogens (primary N) is 2. The van der Waals surface area contributed by atoms with Crippen LogP contribution in [0.1, 0.15) is 194 Å². The zero-order valence-electron chi connectivity index (χ0n) is 26.9. The summed E-state index contributed by atoms with van der Waals surface area (Å²) in [6, 6.07) is 0. The third kappa shape index (κ3) is 23.6. The Morgan fingerprint density at radius 1 is 0.400 bits per heavy atom. The summed E-state index contributed by atoms with van der Waals surface area (Å²) in [4.78, 5) is 25.2. The van der Waals surface area contributed by atoms with Crippen LogP contribution in [-0.4, -0.2) is 11.8 Å². The number of carbonyl (C=O) groups excluding carboxylic acids is 2. The molecule has 0 aliphatic carbocycles. The second kappa shape index (κ2) is 30.8. The highest BCUT2D eigenvalue weighted by Crippen LogP contribution is 2.26. The number of hydrazine groups is 2. The van der Waals surface area contributed by atoms with Crippen LogP contribution in [0.15, 0.2) is 0 Å². The van der Waals surface area contributed by atoms with E-state index >= 15 is 0 Å². The molecule has 0 radical (unpaired) electrons. The number of carbonyl (C=O) groups is 2. The van der Waals surface area contributed by atoms with E-state index in [1.54, 1.807) is 0 Å². The Morgan fingerprint density at radius 3 is 0.800 bits per heavy atom. The molecule has 0 fully saturated rings. The maximum atomic E-state index is 12.6. The maximum absolute atomic E-state index is 12.6. The average molecular weight is 567 g/mol. The Labute approximate surface area is 249 Å². The van der Waals surface area contributed by atoms with Crippen molar-refractivity contribution >= 4 is 11.8 Å². The van der Waals surface area contributed by atoms with Gasteiger partial charge in [-0.1, -0.05) is 181 Å². The summed E-state index contributed by atoms with van der Waals surface area (Å²) in [5, 5.41) is 0. The summed E-state index contributed by atoms with van der Waals surface area (Å²) in [7, 11) is 0. The lowest BCUT2D eigenvalue weighted by atomic mass is 9.82. The van der Waals surface area contributed by atoms with E-state index in [0.29, 0.717) is 12.8 Å². The maximum Gasteiger partial charge on any atom is 0.237 e. The summed E-state index contributed by atoms with van der Waals surface area (Å²) in [6.45, 7) is 4.53. The van der Waals surface area contributed by atoms with E-state index in [4.69, 9.17) is 11.7 Å². The predicted molar refractivity (Wildman–Crippen MR) is 172 cm³/mol. The molecule has 6 nitrogen and oxygen atoms in total. The number of hydrogen-bond acceptors (Lipinski definition) is 4. The first kappa shape index (κ1) is 38.9. The lowest BCUT2D eigenvalue weighted by Gasteiger charge is -2.24. The van der Waals surface area contributed by atoms with E-state index < -0.39 is 11.8 Å². The van der Waals surface area contributed by atoms with Crippen LogP contribution in [0.3, 0.4) is 0 Å².